The molecule has 0 unspecified atom stereocenters. The maximum atomic E-state index is 12.5. The highest BCUT2D eigenvalue weighted by molar-refractivity contribution is 7.89. The van der Waals surface area contributed by atoms with Crippen LogP contribution in [0.2, 0.25) is 0 Å². The van der Waals surface area contributed by atoms with E-state index < -0.39 is 10.0 Å². The Morgan fingerprint density at radius 3 is 2.46 bits per heavy atom. The topological polar surface area (TPSA) is 90.0 Å². The molecule has 0 radical (unpaired) electrons. The Bertz CT molecular complexity index is 909. The minimum atomic E-state index is -3.70. The number of rotatable bonds is 5. The number of sulfonamides is 1. The van der Waals surface area contributed by atoms with Crippen molar-refractivity contribution in [3.63, 3.8) is 0 Å². The number of nitrogens with one attached hydrogen (secondary N) is 1. The van der Waals surface area contributed by atoms with E-state index in [1.165, 1.54) is 0 Å². The highest BCUT2D eigenvalue weighted by atomic mass is 32.2. The van der Waals surface area contributed by atoms with Crippen molar-refractivity contribution in [3.05, 3.63) is 60.0 Å². The molecule has 0 aliphatic heterocycles. The van der Waals surface area contributed by atoms with Crippen LogP contribution < -0.4 is 4.72 Å². The first-order valence-corrected chi connectivity index (χ1v) is 8.90. The Kier molecular flexibility index (Phi) is 4.25. The zero-order valence-corrected chi connectivity index (χ0v) is 14.4. The predicted molar refractivity (Wildman–Crippen MR) is 88.3 cm³/mol. The van der Waals surface area contributed by atoms with Crippen molar-refractivity contribution >= 4 is 10.0 Å². The van der Waals surface area contributed by atoms with Gasteiger partial charge < -0.3 is 9.09 Å². The molecule has 24 heavy (non-hydrogen) atoms. The highest BCUT2D eigenvalue weighted by Gasteiger charge is 2.26. The third-order valence-electron chi connectivity index (χ3n) is 3.76. The molecule has 0 aliphatic carbocycles. The first-order chi connectivity index (χ1) is 11.4. The van der Waals surface area contributed by atoms with Gasteiger partial charge in [-0.3, -0.25) is 0 Å². The Labute approximate surface area is 140 Å². The second kappa shape index (κ2) is 6.21. The fourth-order valence-electron chi connectivity index (χ4n) is 2.56. The standard InChI is InChI=1S/C16H18N4O3S/c1-11(19-24(21,22)16-12(2)18-23-13(16)3)14-4-6-15(7-5-14)20-9-8-17-10-20/h4-11,19H,1-3H3/t11-/m1/s1. The molecule has 1 atom stereocenters. The molecular weight excluding hydrogens is 328 g/mol. The van der Waals surface area contributed by atoms with E-state index in [2.05, 4.69) is 14.9 Å². The number of aromatic nitrogens is 3. The lowest BCUT2D eigenvalue weighted by molar-refractivity contribution is 0.390. The quantitative estimate of drug-likeness (QED) is 0.766. The lowest BCUT2D eigenvalue weighted by atomic mass is 10.1. The van der Waals surface area contributed by atoms with Gasteiger partial charge in [-0.2, -0.15) is 0 Å². The first kappa shape index (κ1) is 16.4. The molecule has 1 N–H and O–H groups in total. The van der Waals surface area contributed by atoms with Gasteiger partial charge in [0.25, 0.3) is 0 Å². The van der Waals surface area contributed by atoms with Gasteiger partial charge >= 0.3 is 0 Å². The molecule has 2 aromatic heterocycles. The first-order valence-electron chi connectivity index (χ1n) is 7.42. The van der Waals surface area contributed by atoms with Crippen LogP contribution in [0.1, 0.15) is 30.0 Å². The second-order valence-corrected chi connectivity index (χ2v) is 7.21. The summed E-state index contributed by atoms with van der Waals surface area (Å²) in [5.74, 6) is 0.280. The lowest BCUT2D eigenvalue weighted by Gasteiger charge is -2.15. The fraction of sp³-hybridized carbons (Fsp3) is 0.250. The molecule has 2 heterocycles. The van der Waals surface area contributed by atoms with Crippen LogP contribution in [0.25, 0.3) is 5.69 Å². The molecule has 3 aromatic rings. The Hall–Kier alpha value is -2.45. The van der Waals surface area contributed by atoms with Crippen LogP contribution in [0, 0.1) is 13.8 Å². The summed E-state index contributed by atoms with van der Waals surface area (Å²) in [6.07, 6.45) is 5.26. The van der Waals surface area contributed by atoms with Crippen LogP contribution in [0.3, 0.4) is 0 Å². The molecule has 8 heteroatoms. The maximum absolute atomic E-state index is 12.5. The summed E-state index contributed by atoms with van der Waals surface area (Å²) in [5, 5.41) is 3.70. The van der Waals surface area contributed by atoms with Crippen LogP contribution in [0.4, 0.5) is 0 Å². The summed E-state index contributed by atoms with van der Waals surface area (Å²) < 4.78 is 34.6. The molecule has 0 bridgehead atoms. The molecule has 0 aliphatic rings. The van der Waals surface area contributed by atoms with Crippen LogP contribution in [0.15, 0.2) is 52.4 Å². The van der Waals surface area contributed by atoms with Crippen molar-refractivity contribution in [1.29, 1.82) is 0 Å². The molecule has 0 saturated heterocycles. The molecule has 7 nitrogen and oxygen atoms in total. The zero-order chi connectivity index (χ0) is 17.3. The molecule has 0 amide bonds. The number of benzene rings is 1. The van der Waals surface area contributed by atoms with Crippen molar-refractivity contribution in [1.82, 2.24) is 19.4 Å². The molecule has 0 spiro atoms. The van der Waals surface area contributed by atoms with E-state index in [-0.39, 0.29) is 16.7 Å². The van der Waals surface area contributed by atoms with Crippen molar-refractivity contribution in [3.8, 4) is 5.69 Å². The number of aryl methyl sites for hydroxylation is 2. The van der Waals surface area contributed by atoms with Crippen molar-refractivity contribution in [2.45, 2.75) is 31.7 Å². The Morgan fingerprint density at radius 1 is 1.21 bits per heavy atom. The molecule has 126 valence electrons. The summed E-state index contributed by atoms with van der Waals surface area (Å²) in [7, 11) is -3.70. The zero-order valence-electron chi connectivity index (χ0n) is 13.6. The molecule has 0 fully saturated rings. The Morgan fingerprint density at radius 2 is 1.92 bits per heavy atom. The van der Waals surface area contributed by atoms with Crippen molar-refractivity contribution < 1.29 is 12.9 Å². The summed E-state index contributed by atoms with van der Waals surface area (Å²) >= 11 is 0. The van der Waals surface area contributed by atoms with E-state index in [4.69, 9.17) is 4.52 Å². The maximum Gasteiger partial charge on any atom is 0.246 e. The molecule has 3 rings (SSSR count). The largest absolute Gasteiger partial charge is 0.360 e. The second-order valence-electron chi connectivity index (χ2n) is 5.56. The van der Waals surface area contributed by atoms with Gasteiger partial charge in [0, 0.05) is 24.1 Å². The average molecular weight is 346 g/mol. The highest BCUT2D eigenvalue weighted by Crippen LogP contribution is 2.22. The van der Waals surface area contributed by atoms with E-state index in [1.54, 1.807) is 33.3 Å². The minimum Gasteiger partial charge on any atom is -0.360 e. The smallest absolute Gasteiger partial charge is 0.246 e. The predicted octanol–water partition coefficient (Wildman–Crippen LogP) is 2.52. The van der Waals surface area contributed by atoms with E-state index in [9.17, 15) is 8.42 Å². The summed E-state index contributed by atoms with van der Waals surface area (Å²) in [6.45, 7) is 4.98. The van der Waals surface area contributed by atoms with Gasteiger partial charge in [0.1, 0.15) is 10.6 Å². The van der Waals surface area contributed by atoms with Gasteiger partial charge in [-0.15, -0.1) is 0 Å². The fourth-order valence-corrected chi connectivity index (χ4v) is 4.13. The number of nitrogens with zero attached hydrogens (tertiary/aromatic N) is 3. The van der Waals surface area contributed by atoms with E-state index in [1.807, 2.05) is 35.0 Å². The van der Waals surface area contributed by atoms with Crippen LogP contribution in [0.5, 0.6) is 0 Å². The summed E-state index contributed by atoms with van der Waals surface area (Å²) in [4.78, 5) is 4.11. The van der Waals surface area contributed by atoms with Gasteiger partial charge in [0.15, 0.2) is 5.76 Å². The number of imidazole rings is 1. The van der Waals surface area contributed by atoms with Crippen molar-refractivity contribution in [2.24, 2.45) is 0 Å². The van der Waals surface area contributed by atoms with Gasteiger partial charge in [-0.25, -0.2) is 18.1 Å². The third-order valence-corrected chi connectivity index (χ3v) is 5.55. The van der Waals surface area contributed by atoms with Gasteiger partial charge in [-0.05, 0) is 38.5 Å². The SMILES string of the molecule is Cc1noc(C)c1S(=O)(=O)N[C@H](C)c1ccc(-n2ccnc2)cc1. The van der Waals surface area contributed by atoms with E-state index >= 15 is 0 Å². The van der Waals surface area contributed by atoms with Gasteiger partial charge in [0.05, 0.1) is 6.33 Å². The monoisotopic (exact) mass is 346 g/mol. The summed E-state index contributed by atoms with van der Waals surface area (Å²) in [5.41, 5.74) is 2.16. The average Bonchev–Trinajstić information content (AvgIpc) is 3.17. The van der Waals surface area contributed by atoms with Crippen LogP contribution in [-0.4, -0.2) is 23.1 Å². The molecular formula is C16H18N4O3S. The summed E-state index contributed by atoms with van der Waals surface area (Å²) in [6, 6.07) is 7.21. The van der Waals surface area contributed by atoms with E-state index in [0.29, 0.717) is 5.69 Å². The van der Waals surface area contributed by atoms with Crippen LogP contribution >= 0.6 is 0 Å². The third kappa shape index (κ3) is 3.10. The Balaban J connectivity index is 1.81. The van der Waals surface area contributed by atoms with E-state index in [0.717, 1.165) is 11.3 Å². The minimum absolute atomic E-state index is 0.101. The number of hydrogen-bond donors (Lipinski definition) is 1. The normalized spacial score (nSPS) is 13.1. The lowest BCUT2D eigenvalue weighted by Crippen LogP contribution is -2.27. The number of hydrogen-bond acceptors (Lipinski definition) is 5. The van der Waals surface area contributed by atoms with Crippen LogP contribution in [-0.2, 0) is 10.0 Å². The molecule has 0 saturated carbocycles. The van der Waals surface area contributed by atoms with Crippen molar-refractivity contribution in [2.75, 3.05) is 0 Å². The van der Waals surface area contributed by atoms with Gasteiger partial charge in [-0.1, -0.05) is 17.3 Å². The van der Waals surface area contributed by atoms with Gasteiger partial charge in [0.2, 0.25) is 10.0 Å². The molecule has 1 aromatic carbocycles.